The largest absolute Gasteiger partial charge is 0.478 e. The molecule has 0 fully saturated rings. The summed E-state index contributed by atoms with van der Waals surface area (Å²) < 4.78 is 1.96. The summed E-state index contributed by atoms with van der Waals surface area (Å²) in [4.78, 5) is 11.3. The smallest absolute Gasteiger partial charge is 0.339 e. The molecule has 0 saturated carbocycles. The second kappa shape index (κ2) is 4.38. The van der Waals surface area contributed by atoms with Gasteiger partial charge in [-0.05, 0) is 13.0 Å². The number of H-pyrrole nitrogens is 1. The third-order valence-corrected chi connectivity index (χ3v) is 3.88. The van der Waals surface area contributed by atoms with Gasteiger partial charge < -0.3 is 9.67 Å². The molecule has 0 radical (unpaired) electrons. The topological polar surface area (TPSA) is 70.9 Å². The summed E-state index contributed by atoms with van der Waals surface area (Å²) in [5.74, 6) is -1.01. The van der Waals surface area contributed by atoms with Gasteiger partial charge in [0.2, 0.25) is 0 Å². The summed E-state index contributed by atoms with van der Waals surface area (Å²) >= 11 is 6.25. The molecule has 0 atom stereocenters. The normalized spacial score (nSPS) is 11.2. The average Bonchev–Trinajstić information content (AvgIpc) is 2.95. The summed E-state index contributed by atoms with van der Waals surface area (Å²) in [6, 6.07) is 5.60. The van der Waals surface area contributed by atoms with E-state index in [1.165, 1.54) is 6.20 Å². The van der Waals surface area contributed by atoms with Crippen molar-refractivity contribution in [2.45, 2.75) is 6.92 Å². The van der Waals surface area contributed by atoms with E-state index in [9.17, 15) is 9.90 Å². The van der Waals surface area contributed by atoms with Crippen molar-refractivity contribution < 1.29 is 9.90 Å². The van der Waals surface area contributed by atoms with Crippen LogP contribution in [0.1, 0.15) is 16.1 Å². The van der Waals surface area contributed by atoms with Crippen molar-refractivity contribution >= 4 is 28.5 Å². The quantitative estimate of drug-likeness (QED) is 0.761. The fraction of sp³-hybridized carbons (Fsp3) is 0.143. The Hall–Kier alpha value is -2.27. The molecule has 5 nitrogen and oxygen atoms in total. The Morgan fingerprint density at radius 1 is 1.45 bits per heavy atom. The van der Waals surface area contributed by atoms with E-state index in [1.807, 2.05) is 36.7 Å². The van der Waals surface area contributed by atoms with Gasteiger partial charge >= 0.3 is 5.97 Å². The van der Waals surface area contributed by atoms with Gasteiger partial charge in [0.1, 0.15) is 5.56 Å². The number of halogens is 1. The molecular formula is C14H12ClN3O2. The van der Waals surface area contributed by atoms with Crippen LogP contribution in [0.25, 0.3) is 22.2 Å². The number of nitrogens with zero attached hydrogens (tertiary/aromatic N) is 2. The summed E-state index contributed by atoms with van der Waals surface area (Å²) in [5, 5.41) is 17.4. The van der Waals surface area contributed by atoms with Gasteiger partial charge in [-0.2, -0.15) is 5.10 Å². The molecule has 3 rings (SSSR count). The Balaban J connectivity index is 2.43. The third-order valence-electron chi connectivity index (χ3n) is 3.58. The van der Waals surface area contributed by atoms with Crippen molar-refractivity contribution in [3.63, 3.8) is 0 Å². The monoisotopic (exact) mass is 289 g/mol. The van der Waals surface area contributed by atoms with Crippen LogP contribution in [0.15, 0.2) is 24.4 Å². The van der Waals surface area contributed by atoms with Crippen LogP contribution in [-0.4, -0.2) is 25.8 Å². The molecule has 0 bridgehead atoms. The number of aromatic carboxylic acids is 1. The second-order valence-electron chi connectivity index (χ2n) is 4.62. The molecule has 6 heteroatoms. The Kier molecular flexibility index (Phi) is 2.79. The first kappa shape index (κ1) is 12.7. The van der Waals surface area contributed by atoms with Crippen molar-refractivity contribution in [2.75, 3.05) is 0 Å². The van der Waals surface area contributed by atoms with Crippen LogP contribution in [0.2, 0.25) is 5.02 Å². The number of rotatable bonds is 2. The summed E-state index contributed by atoms with van der Waals surface area (Å²) in [5.41, 5.74) is 3.29. The Bertz CT molecular complexity index is 832. The number of carboxylic acids is 1. The highest BCUT2D eigenvalue weighted by atomic mass is 35.5. The van der Waals surface area contributed by atoms with Crippen molar-refractivity contribution in [1.29, 1.82) is 0 Å². The number of carbonyl (C=O) groups is 1. The Morgan fingerprint density at radius 3 is 2.90 bits per heavy atom. The van der Waals surface area contributed by atoms with Crippen LogP contribution >= 0.6 is 11.6 Å². The number of aryl methyl sites for hydroxylation is 1. The first-order chi connectivity index (χ1) is 9.52. The van der Waals surface area contributed by atoms with Gasteiger partial charge in [-0.15, -0.1) is 0 Å². The molecule has 1 aromatic carbocycles. The Labute approximate surface area is 119 Å². The fourth-order valence-corrected chi connectivity index (χ4v) is 2.84. The van der Waals surface area contributed by atoms with E-state index in [0.717, 1.165) is 22.2 Å². The number of hydrogen-bond acceptors (Lipinski definition) is 2. The fourth-order valence-electron chi connectivity index (χ4n) is 2.54. The summed E-state index contributed by atoms with van der Waals surface area (Å²) in [6.45, 7) is 1.93. The van der Waals surface area contributed by atoms with E-state index >= 15 is 0 Å². The highest BCUT2D eigenvalue weighted by Gasteiger charge is 2.21. The van der Waals surface area contributed by atoms with Gasteiger partial charge in [0.05, 0.1) is 22.4 Å². The van der Waals surface area contributed by atoms with E-state index in [-0.39, 0.29) is 5.56 Å². The van der Waals surface area contributed by atoms with E-state index in [0.29, 0.717) is 10.7 Å². The lowest BCUT2D eigenvalue weighted by atomic mass is 10.0. The Morgan fingerprint density at radius 2 is 2.20 bits per heavy atom. The molecule has 3 aromatic rings. The lowest BCUT2D eigenvalue weighted by Gasteiger charge is -2.01. The maximum atomic E-state index is 11.3. The van der Waals surface area contributed by atoms with E-state index < -0.39 is 5.97 Å². The molecule has 0 aliphatic rings. The van der Waals surface area contributed by atoms with Crippen LogP contribution in [0.3, 0.4) is 0 Å². The highest BCUT2D eigenvalue weighted by Crippen LogP contribution is 2.37. The lowest BCUT2D eigenvalue weighted by molar-refractivity contribution is 0.0698. The second-order valence-corrected chi connectivity index (χ2v) is 5.03. The number of hydrogen-bond donors (Lipinski definition) is 2. The third kappa shape index (κ3) is 1.63. The van der Waals surface area contributed by atoms with Gasteiger partial charge in [-0.3, -0.25) is 5.10 Å². The number of carboxylic acid groups (broad SMARTS) is 1. The molecule has 2 aromatic heterocycles. The minimum atomic E-state index is -1.01. The standard InChI is InChI=1S/C14H12ClN3O2/c1-7-11(12-9(14(19)20)6-16-17-12)8-4-3-5-10(15)13(8)18(7)2/h3-6H,1-2H3,(H,16,17)(H,19,20). The molecule has 0 saturated heterocycles. The van der Waals surface area contributed by atoms with Crippen LogP contribution in [0.5, 0.6) is 0 Å². The minimum absolute atomic E-state index is 0.153. The first-order valence-corrected chi connectivity index (χ1v) is 6.40. The van der Waals surface area contributed by atoms with Crippen molar-refractivity contribution in [3.05, 3.63) is 40.7 Å². The predicted octanol–water partition coefficient (Wildman–Crippen LogP) is 3.23. The van der Waals surface area contributed by atoms with E-state index in [2.05, 4.69) is 10.2 Å². The number of fused-ring (bicyclic) bond motifs is 1. The molecule has 0 unspecified atom stereocenters. The number of benzene rings is 1. The molecule has 102 valence electrons. The van der Waals surface area contributed by atoms with Crippen LogP contribution in [-0.2, 0) is 7.05 Å². The van der Waals surface area contributed by atoms with Gasteiger partial charge in [0, 0.05) is 23.7 Å². The summed E-state index contributed by atoms with van der Waals surface area (Å²) in [6.07, 6.45) is 1.32. The zero-order chi connectivity index (χ0) is 14.4. The molecule has 2 heterocycles. The van der Waals surface area contributed by atoms with Gasteiger partial charge in [0.15, 0.2) is 0 Å². The SMILES string of the molecule is Cc1c(-c2[nH]ncc2C(=O)O)c2cccc(Cl)c2n1C. The first-order valence-electron chi connectivity index (χ1n) is 6.03. The zero-order valence-corrected chi connectivity index (χ0v) is 11.7. The number of aromatic amines is 1. The summed E-state index contributed by atoms with van der Waals surface area (Å²) in [7, 11) is 1.91. The van der Waals surface area contributed by atoms with Crippen molar-refractivity contribution in [3.8, 4) is 11.3 Å². The minimum Gasteiger partial charge on any atom is -0.478 e. The van der Waals surface area contributed by atoms with Crippen LogP contribution in [0.4, 0.5) is 0 Å². The molecule has 2 N–H and O–H groups in total. The van der Waals surface area contributed by atoms with Gasteiger partial charge in [-0.25, -0.2) is 4.79 Å². The molecule has 0 aliphatic carbocycles. The number of para-hydroxylation sites is 1. The predicted molar refractivity (Wildman–Crippen MR) is 77.2 cm³/mol. The number of aromatic nitrogens is 3. The molecular weight excluding hydrogens is 278 g/mol. The molecule has 20 heavy (non-hydrogen) atoms. The molecule has 0 amide bonds. The van der Waals surface area contributed by atoms with Gasteiger partial charge in [-0.1, -0.05) is 23.7 Å². The maximum Gasteiger partial charge on any atom is 0.339 e. The van der Waals surface area contributed by atoms with E-state index in [4.69, 9.17) is 11.6 Å². The average molecular weight is 290 g/mol. The molecule has 0 aliphatic heterocycles. The molecule has 0 spiro atoms. The van der Waals surface area contributed by atoms with Crippen molar-refractivity contribution in [1.82, 2.24) is 14.8 Å². The highest BCUT2D eigenvalue weighted by molar-refractivity contribution is 6.35. The number of nitrogens with one attached hydrogen (secondary N) is 1. The van der Waals surface area contributed by atoms with Crippen LogP contribution < -0.4 is 0 Å². The maximum absolute atomic E-state index is 11.3. The van der Waals surface area contributed by atoms with E-state index in [1.54, 1.807) is 0 Å². The lowest BCUT2D eigenvalue weighted by Crippen LogP contribution is -1.98. The van der Waals surface area contributed by atoms with Crippen molar-refractivity contribution in [2.24, 2.45) is 7.05 Å². The zero-order valence-electron chi connectivity index (χ0n) is 10.9. The van der Waals surface area contributed by atoms with Crippen LogP contribution in [0, 0.1) is 6.92 Å². The van der Waals surface area contributed by atoms with Gasteiger partial charge in [0.25, 0.3) is 0 Å².